The van der Waals surface area contributed by atoms with Crippen LogP contribution in [0.1, 0.15) is 18.4 Å². The molecule has 0 bridgehead atoms. The van der Waals surface area contributed by atoms with Crippen LogP contribution in [0.5, 0.6) is 5.75 Å². The molecule has 108 valence electrons. The number of hydrogen-bond donors (Lipinski definition) is 1. The maximum absolute atomic E-state index is 11.1. The predicted molar refractivity (Wildman–Crippen MR) is 80.9 cm³/mol. The lowest BCUT2D eigenvalue weighted by Crippen LogP contribution is -2.25. The third kappa shape index (κ3) is 2.54. The van der Waals surface area contributed by atoms with Crippen LogP contribution in [0.15, 0.2) is 48.5 Å². The second-order valence-electron chi connectivity index (χ2n) is 5.16. The van der Waals surface area contributed by atoms with Crippen molar-refractivity contribution in [3.63, 3.8) is 0 Å². The van der Waals surface area contributed by atoms with Crippen molar-refractivity contribution >= 4 is 11.4 Å². The molecule has 5 heteroatoms. The molecule has 2 aromatic rings. The smallest absolute Gasteiger partial charge is 0.292 e. The maximum atomic E-state index is 11.1. The molecule has 1 N–H and O–H groups in total. The van der Waals surface area contributed by atoms with Gasteiger partial charge < -0.3 is 10.1 Å². The first kappa shape index (κ1) is 13.4. The minimum atomic E-state index is -0.367. The largest absolute Gasteiger partial charge is 0.493 e. The molecule has 2 aromatic carbocycles. The molecule has 2 atom stereocenters. The Balaban J connectivity index is 1.82. The monoisotopic (exact) mass is 284 g/mol. The van der Waals surface area contributed by atoms with Crippen molar-refractivity contribution in [3.8, 4) is 5.75 Å². The molecule has 0 saturated heterocycles. The van der Waals surface area contributed by atoms with Gasteiger partial charge >= 0.3 is 0 Å². The molecule has 0 aliphatic carbocycles. The van der Waals surface area contributed by atoms with Gasteiger partial charge in [0, 0.05) is 23.6 Å². The molecule has 1 aliphatic rings. The zero-order chi connectivity index (χ0) is 14.8. The van der Waals surface area contributed by atoms with Crippen LogP contribution in [-0.2, 0) is 0 Å². The fraction of sp³-hybridized carbons (Fsp3) is 0.250. The van der Waals surface area contributed by atoms with E-state index in [4.69, 9.17) is 4.74 Å². The second kappa shape index (κ2) is 5.44. The summed E-state index contributed by atoms with van der Waals surface area (Å²) in [6.07, 6.45) is 0. The number of anilines is 1. The molecular weight excluding hydrogens is 268 g/mol. The summed E-state index contributed by atoms with van der Waals surface area (Å²) < 4.78 is 5.67. The molecule has 1 heterocycles. The molecule has 0 saturated carbocycles. The van der Waals surface area contributed by atoms with Gasteiger partial charge in [0.05, 0.1) is 11.5 Å². The first-order chi connectivity index (χ1) is 10.2. The van der Waals surface area contributed by atoms with Gasteiger partial charge in [0.2, 0.25) is 0 Å². The van der Waals surface area contributed by atoms with Gasteiger partial charge in [0.25, 0.3) is 5.69 Å². The van der Waals surface area contributed by atoms with Crippen molar-refractivity contribution in [2.24, 2.45) is 0 Å². The Kier molecular flexibility index (Phi) is 3.48. The molecule has 21 heavy (non-hydrogen) atoms. The molecule has 0 unspecified atom stereocenters. The quantitative estimate of drug-likeness (QED) is 0.688. The molecule has 5 nitrogen and oxygen atoms in total. The lowest BCUT2D eigenvalue weighted by molar-refractivity contribution is -0.384. The van der Waals surface area contributed by atoms with Crippen molar-refractivity contribution in [2.45, 2.75) is 18.9 Å². The van der Waals surface area contributed by atoms with E-state index in [1.165, 1.54) is 6.07 Å². The average molecular weight is 284 g/mol. The number of nitrogens with one attached hydrogen (secondary N) is 1. The lowest BCUT2D eigenvalue weighted by atomic mass is 9.94. The fourth-order valence-corrected chi connectivity index (χ4v) is 2.70. The minimum Gasteiger partial charge on any atom is -0.493 e. The highest BCUT2D eigenvalue weighted by Gasteiger charge is 2.29. The van der Waals surface area contributed by atoms with Crippen molar-refractivity contribution in [1.29, 1.82) is 0 Å². The van der Waals surface area contributed by atoms with Gasteiger partial charge in [-0.05, 0) is 19.1 Å². The Morgan fingerprint density at radius 1 is 1.24 bits per heavy atom. The van der Waals surface area contributed by atoms with E-state index in [-0.39, 0.29) is 22.6 Å². The van der Waals surface area contributed by atoms with Crippen molar-refractivity contribution in [3.05, 3.63) is 64.2 Å². The van der Waals surface area contributed by atoms with E-state index in [0.717, 1.165) is 11.3 Å². The van der Waals surface area contributed by atoms with E-state index in [1.54, 1.807) is 18.2 Å². The number of fused-ring (bicyclic) bond motifs is 1. The summed E-state index contributed by atoms with van der Waals surface area (Å²) in [5.74, 6) is 1.08. The third-order valence-corrected chi connectivity index (χ3v) is 3.82. The Morgan fingerprint density at radius 2 is 1.95 bits per heavy atom. The molecule has 3 rings (SSSR count). The highest BCUT2D eigenvalue weighted by molar-refractivity contribution is 5.62. The van der Waals surface area contributed by atoms with Crippen molar-refractivity contribution < 1.29 is 9.66 Å². The van der Waals surface area contributed by atoms with Gasteiger partial charge in [-0.15, -0.1) is 0 Å². The van der Waals surface area contributed by atoms with Crippen molar-refractivity contribution in [2.75, 3.05) is 11.9 Å². The van der Waals surface area contributed by atoms with Crippen LogP contribution in [0.4, 0.5) is 11.4 Å². The number of nitrogens with zero attached hydrogens (tertiary/aromatic N) is 1. The van der Waals surface area contributed by atoms with Gasteiger partial charge in [0.15, 0.2) is 0 Å². The summed E-state index contributed by atoms with van der Waals surface area (Å²) in [7, 11) is 0. The number of benzene rings is 2. The van der Waals surface area contributed by atoms with Crippen LogP contribution in [0.2, 0.25) is 0 Å². The third-order valence-electron chi connectivity index (χ3n) is 3.82. The number of nitro benzene ring substituents is 1. The Bertz CT molecular complexity index is 672. The summed E-state index contributed by atoms with van der Waals surface area (Å²) in [6.45, 7) is 2.61. The lowest BCUT2D eigenvalue weighted by Gasteiger charge is -2.21. The van der Waals surface area contributed by atoms with E-state index in [0.29, 0.717) is 12.3 Å². The van der Waals surface area contributed by atoms with Gasteiger partial charge in [-0.3, -0.25) is 10.1 Å². The SMILES string of the molecule is C[C@@H](Nc1ccccc1[N+](=O)[O-])[C@H]1COc2ccccc21. The van der Waals surface area contributed by atoms with E-state index in [2.05, 4.69) is 5.32 Å². The standard InChI is InChI=1S/C16H16N2O3/c1-11(13-10-21-16-9-5-2-6-12(13)16)17-14-7-3-4-8-15(14)18(19)20/h2-9,11,13,17H,10H2,1H3/t11-,13-/m1/s1. The highest BCUT2D eigenvalue weighted by Crippen LogP contribution is 2.37. The summed E-state index contributed by atoms with van der Waals surface area (Å²) in [5, 5.41) is 14.3. The zero-order valence-corrected chi connectivity index (χ0v) is 11.7. The highest BCUT2D eigenvalue weighted by atomic mass is 16.6. The molecule has 0 aromatic heterocycles. The first-order valence-corrected chi connectivity index (χ1v) is 6.88. The molecule has 0 radical (unpaired) electrons. The second-order valence-corrected chi connectivity index (χ2v) is 5.16. The van der Waals surface area contributed by atoms with E-state index in [9.17, 15) is 10.1 Å². The van der Waals surface area contributed by atoms with Crippen LogP contribution in [0, 0.1) is 10.1 Å². The first-order valence-electron chi connectivity index (χ1n) is 6.88. The topological polar surface area (TPSA) is 64.4 Å². The summed E-state index contributed by atoms with van der Waals surface area (Å²) in [6, 6.07) is 14.7. The Labute approximate surface area is 122 Å². The van der Waals surface area contributed by atoms with Crippen LogP contribution in [0.3, 0.4) is 0 Å². The molecular formula is C16H16N2O3. The van der Waals surface area contributed by atoms with E-state index in [1.807, 2.05) is 31.2 Å². The Morgan fingerprint density at radius 3 is 2.76 bits per heavy atom. The number of hydrogen-bond acceptors (Lipinski definition) is 4. The number of nitro groups is 1. The summed E-state index contributed by atoms with van der Waals surface area (Å²) >= 11 is 0. The molecule has 1 aliphatic heterocycles. The zero-order valence-electron chi connectivity index (χ0n) is 11.7. The van der Waals surface area contributed by atoms with Gasteiger partial charge in [-0.1, -0.05) is 30.3 Å². The number of rotatable bonds is 4. The molecule has 0 fully saturated rings. The minimum absolute atomic E-state index is 0.0368. The van der Waals surface area contributed by atoms with Gasteiger partial charge in [-0.25, -0.2) is 0 Å². The maximum Gasteiger partial charge on any atom is 0.292 e. The summed E-state index contributed by atoms with van der Waals surface area (Å²) in [4.78, 5) is 10.7. The normalized spacial score (nSPS) is 17.7. The van der Waals surface area contributed by atoms with Crippen LogP contribution in [0.25, 0.3) is 0 Å². The van der Waals surface area contributed by atoms with Crippen LogP contribution >= 0.6 is 0 Å². The molecule has 0 spiro atoms. The van der Waals surface area contributed by atoms with E-state index >= 15 is 0 Å². The predicted octanol–water partition coefficient (Wildman–Crippen LogP) is 3.57. The molecule has 0 amide bonds. The summed E-state index contributed by atoms with van der Waals surface area (Å²) in [5.41, 5.74) is 1.78. The van der Waals surface area contributed by atoms with Crippen molar-refractivity contribution in [1.82, 2.24) is 0 Å². The van der Waals surface area contributed by atoms with Crippen LogP contribution in [-0.4, -0.2) is 17.6 Å². The fourth-order valence-electron chi connectivity index (χ4n) is 2.70. The van der Waals surface area contributed by atoms with Crippen LogP contribution < -0.4 is 10.1 Å². The van der Waals surface area contributed by atoms with Gasteiger partial charge in [0.1, 0.15) is 11.4 Å². The van der Waals surface area contributed by atoms with Gasteiger partial charge in [-0.2, -0.15) is 0 Å². The average Bonchev–Trinajstić information content (AvgIpc) is 2.91. The van der Waals surface area contributed by atoms with E-state index < -0.39 is 0 Å². The Hall–Kier alpha value is -2.56. The number of para-hydroxylation sites is 3. The number of ether oxygens (including phenoxy) is 1.